The second kappa shape index (κ2) is 6.60. The molecule has 1 heterocycles. The van der Waals surface area contributed by atoms with Crippen molar-refractivity contribution in [1.82, 2.24) is 14.5 Å². The topological polar surface area (TPSA) is 81.3 Å². The van der Waals surface area contributed by atoms with Crippen LogP contribution in [0.4, 0.5) is 5.82 Å². The molecule has 120 valence electrons. The van der Waals surface area contributed by atoms with Gasteiger partial charge in [0.15, 0.2) is 0 Å². The number of nitrogens with zero attached hydrogens (tertiary/aromatic N) is 4. The van der Waals surface area contributed by atoms with Crippen molar-refractivity contribution in [2.45, 2.75) is 38.4 Å². The van der Waals surface area contributed by atoms with Crippen molar-refractivity contribution in [1.29, 1.82) is 0 Å². The number of nitro groups is 1. The molecule has 0 aliphatic heterocycles. The second-order valence-electron chi connectivity index (χ2n) is 5.72. The first-order chi connectivity index (χ1) is 11.1. The van der Waals surface area contributed by atoms with Gasteiger partial charge in [0, 0.05) is 25.6 Å². The van der Waals surface area contributed by atoms with Crippen LogP contribution >= 0.6 is 0 Å². The van der Waals surface area contributed by atoms with E-state index in [1.165, 1.54) is 12.5 Å². The lowest BCUT2D eigenvalue weighted by Gasteiger charge is -2.22. The van der Waals surface area contributed by atoms with E-state index in [2.05, 4.69) is 4.98 Å². The molecule has 1 aromatic carbocycles. The molecule has 0 radical (unpaired) electrons. The molecule has 7 heteroatoms. The number of imidazole rings is 1. The van der Waals surface area contributed by atoms with Gasteiger partial charge in [0.2, 0.25) is 12.2 Å². The van der Waals surface area contributed by atoms with Crippen molar-refractivity contribution < 1.29 is 9.72 Å². The highest BCUT2D eigenvalue weighted by Gasteiger charge is 2.32. The van der Waals surface area contributed by atoms with E-state index in [9.17, 15) is 14.9 Å². The Balaban J connectivity index is 1.59. The summed E-state index contributed by atoms with van der Waals surface area (Å²) in [5, 5.41) is 10.6. The molecule has 7 nitrogen and oxygen atoms in total. The van der Waals surface area contributed by atoms with Crippen LogP contribution in [0.25, 0.3) is 0 Å². The number of hydrogen-bond donors (Lipinski definition) is 0. The van der Waals surface area contributed by atoms with Gasteiger partial charge in [-0.25, -0.2) is 0 Å². The molecule has 0 spiro atoms. The second-order valence-corrected chi connectivity index (χ2v) is 5.72. The molecule has 1 aliphatic carbocycles. The number of hydrogen-bond acceptors (Lipinski definition) is 4. The van der Waals surface area contributed by atoms with E-state index in [0.29, 0.717) is 25.6 Å². The van der Waals surface area contributed by atoms with Crippen LogP contribution in [-0.4, -0.2) is 31.3 Å². The zero-order valence-electron chi connectivity index (χ0n) is 12.7. The Labute approximate surface area is 133 Å². The van der Waals surface area contributed by atoms with Gasteiger partial charge >= 0.3 is 5.82 Å². The predicted octanol–water partition coefficient (Wildman–Crippen LogP) is 2.37. The van der Waals surface area contributed by atoms with Crippen molar-refractivity contribution in [3.63, 3.8) is 0 Å². The van der Waals surface area contributed by atoms with E-state index < -0.39 is 4.92 Å². The predicted molar refractivity (Wildman–Crippen MR) is 83.5 cm³/mol. The Morgan fingerprint density at radius 3 is 2.70 bits per heavy atom. The summed E-state index contributed by atoms with van der Waals surface area (Å²) in [5.41, 5.74) is 1.12. The largest absolute Gasteiger partial charge is 0.381 e. The number of aromatic nitrogens is 2. The quantitative estimate of drug-likeness (QED) is 0.580. The van der Waals surface area contributed by atoms with Crippen molar-refractivity contribution in [3.8, 4) is 0 Å². The number of benzene rings is 1. The van der Waals surface area contributed by atoms with Crippen molar-refractivity contribution in [2.75, 3.05) is 0 Å². The van der Waals surface area contributed by atoms with Crippen molar-refractivity contribution in [2.24, 2.45) is 0 Å². The summed E-state index contributed by atoms with van der Waals surface area (Å²) >= 11 is 0. The van der Waals surface area contributed by atoms with E-state index in [0.717, 1.165) is 18.4 Å². The van der Waals surface area contributed by atoms with E-state index in [4.69, 9.17) is 0 Å². The molecule has 23 heavy (non-hydrogen) atoms. The third kappa shape index (κ3) is 3.94. The summed E-state index contributed by atoms with van der Waals surface area (Å²) in [5.74, 6) is -0.117. The molecule has 0 saturated heterocycles. The van der Waals surface area contributed by atoms with Gasteiger partial charge in [0.05, 0.1) is 0 Å². The maximum atomic E-state index is 12.5. The average molecular weight is 314 g/mol. The SMILES string of the molecule is O=C(CCn1cnc([N+](=O)[O-])c1)N(Cc1ccccc1)C1CC1. The van der Waals surface area contributed by atoms with Gasteiger partial charge in [-0.05, 0) is 28.3 Å². The Morgan fingerprint density at radius 1 is 1.35 bits per heavy atom. The Hall–Kier alpha value is -2.70. The van der Waals surface area contributed by atoms with Gasteiger partial charge in [-0.2, -0.15) is 0 Å². The molecule has 0 atom stereocenters. The standard InChI is InChI=1S/C16H18N4O3/c21-16(8-9-18-11-15(17-12-18)20(22)23)19(14-6-7-14)10-13-4-2-1-3-5-13/h1-5,11-12,14H,6-10H2. The van der Waals surface area contributed by atoms with Crippen LogP contribution in [0, 0.1) is 10.1 Å². The summed E-state index contributed by atoms with van der Waals surface area (Å²) in [4.78, 5) is 28.2. The number of rotatable bonds is 7. The van der Waals surface area contributed by atoms with Crippen LogP contribution < -0.4 is 0 Å². The highest BCUT2D eigenvalue weighted by molar-refractivity contribution is 5.76. The molecule has 3 rings (SSSR count). The van der Waals surface area contributed by atoms with Gasteiger partial charge < -0.3 is 19.6 Å². The number of aryl methyl sites for hydroxylation is 1. The summed E-state index contributed by atoms with van der Waals surface area (Å²) in [7, 11) is 0. The fourth-order valence-electron chi connectivity index (χ4n) is 2.52. The molecule has 0 bridgehead atoms. The lowest BCUT2D eigenvalue weighted by Crippen LogP contribution is -2.33. The molecule has 1 saturated carbocycles. The van der Waals surface area contributed by atoms with Gasteiger partial charge in [0.1, 0.15) is 6.20 Å². The van der Waals surface area contributed by atoms with Crippen LogP contribution in [0.5, 0.6) is 0 Å². The smallest absolute Gasteiger partial charge is 0.358 e. The van der Waals surface area contributed by atoms with Crippen LogP contribution in [0.15, 0.2) is 42.9 Å². The third-order valence-corrected chi connectivity index (χ3v) is 3.89. The summed E-state index contributed by atoms with van der Waals surface area (Å²) in [6, 6.07) is 10.3. The van der Waals surface area contributed by atoms with Crippen LogP contribution in [0.3, 0.4) is 0 Å². The van der Waals surface area contributed by atoms with Crippen molar-refractivity contribution in [3.05, 3.63) is 58.5 Å². The molecular weight excluding hydrogens is 296 g/mol. The van der Waals surface area contributed by atoms with Gasteiger partial charge in [-0.15, -0.1) is 0 Å². The van der Waals surface area contributed by atoms with E-state index in [1.54, 1.807) is 4.57 Å². The van der Waals surface area contributed by atoms with Gasteiger partial charge in [0.25, 0.3) is 0 Å². The first-order valence-corrected chi connectivity index (χ1v) is 7.63. The van der Waals surface area contributed by atoms with Crippen molar-refractivity contribution >= 4 is 11.7 Å². The molecule has 1 aromatic heterocycles. The monoisotopic (exact) mass is 314 g/mol. The Kier molecular flexibility index (Phi) is 4.36. The van der Waals surface area contributed by atoms with Crippen LogP contribution in [-0.2, 0) is 17.9 Å². The molecule has 2 aromatic rings. The summed E-state index contributed by atoms with van der Waals surface area (Å²) < 4.78 is 1.59. The van der Waals surface area contributed by atoms with Crippen LogP contribution in [0.1, 0.15) is 24.8 Å². The Bertz CT molecular complexity index is 694. The lowest BCUT2D eigenvalue weighted by molar-refractivity contribution is -0.389. The first-order valence-electron chi connectivity index (χ1n) is 7.63. The van der Waals surface area contributed by atoms with Gasteiger partial charge in [-0.3, -0.25) is 4.79 Å². The van der Waals surface area contributed by atoms with E-state index in [-0.39, 0.29) is 11.7 Å². The molecule has 0 N–H and O–H groups in total. The lowest BCUT2D eigenvalue weighted by atomic mass is 10.2. The maximum absolute atomic E-state index is 12.5. The zero-order valence-corrected chi connectivity index (χ0v) is 12.7. The van der Waals surface area contributed by atoms with E-state index >= 15 is 0 Å². The minimum atomic E-state index is -0.537. The minimum Gasteiger partial charge on any atom is -0.358 e. The number of amides is 1. The fourth-order valence-corrected chi connectivity index (χ4v) is 2.52. The first kappa shape index (κ1) is 15.2. The third-order valence-electron chi connectivity index (χ3n) is 3.89. The van der Waals surface area contributed by atoms with Crippen LogP contribution in [0.2, 0.25) is 0 Å². The summed E-state index contributed by atoms with van der Waals surface area (Å²) in [6.07, 6.45) is 5.16. The average Bonchev–Trinajstić information content (AvgIpc) is 3.28. The molecule has 1 amide bonds. The highest BCUT2D eigenvalue weighted by Crippen LogP contribution is 2.29. The number of carbonyl (C=O) groups is 1. The van der Waals surface area contributed by atoms with E-state index in [1.807, 2.05) is 35.2 Å². The molecule has 1 fully saturated rings. The maximum Gasteiger partial charge on any atom is 0.381 e. The van der Waals surface area contributed by atoms with Gasteiger partial charge in [-0.1, -0.05) is 30.3 Å². The Morgan fingerprint density at radius 2 is 2.09 bits per heavy atom. The highest BCUT2D eigenvalue weighted by atomic mass is 16.6. The molecule has 0 unspecified atom stereocenters. The zero-order chi connectivity index (χ0) is 16.2. The minimum absolute atomic E-state index is 0.0766. The normalized spacial score (nSPS) is 13.7. The fraction of sp³-hybridized carbons (Fsp3) is 0.375. The summed E-state index contributed by atoms with van der Waals surface area (Å²) in [6.45, 7) is 1.02. The molecule has 1 aliphatic rings. The number of carbonyl (C=O) groups excluding carboxylic acids is 1. The molecular formula is C16H18N4O3.